The summed E-state index contributed by atoms with van der Waals surface area (Å²) in [5.41, 5.74) is -0.151. The van der Waals surface area contributed by atoms with Gasteiger partial charge in [0.25, 0.3) is 0 Å². The van der Waals surface area contributed by atoms with Crippen LogP contribution in [0.4, 0.5) is 5.13 Å². The topological polar surface area (TPSA) is 90.7 Å². The number of hydrogen-bond donors (Lipinski definition) is 2. The highest BCUT2D eigenvalue weighted by molar-refractivity contribution is 7.17. The minimum Gasteiger partial charge on any atom is -0.476 e. The number of carbonyl (C=O) groups excluding carboxylic acids is 1. The van der Waals surface area contributed by atoms with E-state index in [0.717, 1.165) is 43.7 Å². The Hall–Kier alpha value is -1.47. The number of hydrogen-bond acceptors (Lipinski definition) is 6. The molecule has 1 aliphatic rings. The van der Waals surface area contributed by atoms with Crippen molar-refractivity contribution in [2.45, 2.75) is 26.2 Å². The maximum absolute atomic E-state index is 11.5. The van der Waals surface area contributed by atoms with Gasteiger partial charge in [-0.3, -0.25) is 4.79 Å². The number of aliphatic hydroxyl groups excluding tert-OH is 1. The molecule has 1 fully saturated rings. The molecule has 2 rings (SSSR count). The average molecular weight is 298 g/mol. The molecule has 20 heavy (non-hydrogen) atoms. The van der Waals surface area contributed by atoms with Crippen molar-refractivity contribution in [2.75, 3.05) is 24.6 Å². The molecule has 1 unspecified atom stereocenters. The normalized spacial score (nSPS) is 19.1. The molecule has 2 heterocycles. The zero-order valence-corrected chi connectivity index (χ0v) is 12.2. The number of piperidine rings is 1. The van der Waals surface area contributed by atoms with Gasteiger partial charge in [-0.05, 0) is 25.2 Å². The van der Waals surface area contributed by atoms with Crippen LogP contribution in [0, 0.1) is 5.92 Å². The van der Waals surface area contributed by atoms with Crippen LogP contribution in [-0.2, 0) is 0 Å². The van der Waals surface area contributed by atoms with Crippen molar-refractivity contribution in [3.63, 3.8) is 0 Å². The van der Waals surface area contributed by atoms with Crippen LogP contribution in [0.3, 0.4) is 0 Å². The van der Waals surface area contributed by atoms with E-state index in [1.807, 2.05) is 4.90 Å². The van der Waals surface area contributed by atoms with Gasteiger partial charge >= 0.3 is 5.97 Å². The van der Waals surface area contributed by atoms with Gasteiger partial charge in [-0.25, -0.2) is 9.78 Å². The molecule has 0 aliphatic carbocycles. The van der Waals surface area contributed by atoms with Crippen LogP contribution in [0.15, 0.2) is 0 Å². The Morgan fingerprint density at radius 3 is 2.80 bits per heavy atom. The summed E-state index contributed by atoms with van der Waals surface area (Å²) in [4.78, 5) is 29.0. The van der Waals surface area contributed by atoms with E-state index < -0.39 is 5.97 Å². The Labute approximate surface area is 121 Å². The van der Waals surface area contributed by atoms with Crippen LogP contribution in [0.1, 0.15) is 46.3 Å². The standard InChI is InChI=1S/C13H18N2O4S/c1-8(17)11-10(12(18)19)14-13(20-11)15-5-2-3-9(7-15)4-6-16/h9,16H,2-7H2,1H3,(H,18,19). The largest absolute Gasteiger partial charge is 0.476 e. The molecule has 7 heteroatoms. The van der Waals surface area contributed by atoms with Gasteiger partial charge in [0, 0.05) is 26.6 Å². The smallest absolute Gasteiger partial charge is 0.356 e. The van der Waals surface area contributed by atoms with Gasteiger partial charge in [-0.1, -0.05) is 11.3 Å². The molecule has 0 aromatic carbocycles. The molecule has 0 radical (unpaired) electrons. The SMILES string of the molecule is CC(=O)c1sc(N2CCCC(CCO)C2)nc1C(=O)O. The van der Waals surface area contributed by atoms with Crippen molar-refractivity contribution in [1.82, 2.24) is 4.98 Å². The second kappa shape index (κ2) is 6.32. The summed E-state index contributed by atoms with van der Waals surface area (Å²) in [6.45, 7) is 3.08. The number of rotatable bonds is 5. The predicted octanol–water partition coefficient (Wildman–Crippen LogP) is 1.64. The maximum Gasteiger partial charge on any atom is 0.356 e. The van der Waals surface area contributed by atoms with Crippen molar-refractivity contribution in [1.29, 1.82) is 0 Å². The molecule has 2 N–H and O–H groups in total. The predicted molar refractivity (Wildman–Crippen MR) is 75.7 cm³/mol. The summed E-state index contributed by atoms with van der Waals surface area (Å²) in [6.07, 6.45) is 2.79. The van der Waals surface area contributed by atoms with Crippen molar-refractivity contribution in [2.24, 2.45) is 5.92 Å². The number of thiazole rings is 1. The number of nitrogens with zero attached hydrogens (tertiary/aromatic N) is 2. The Kier molecular flexibility index (Phi) is 4.72. The van der Waals surface area contributed by atoms with E-state index in [1.54, 1.807) is 0 Å². The van der Waals surface area contributed by atoms with E-state index >= 15 is 0 Å². The van der Waals surface area contributed by atoms with E-state index in [2.05, 4.69) is 4.98 Å². The number of aromatic nitrogens is 1. The van der Waals surface area contributed by atoms with Crippen LogP contribution in [0.2, 0.25) is 0 Å². The zero-order valence-electron chi connectivity index (χ0n) is 11.3. The summed E-state index contributed by atoms with van der Waals surface area (Å²) < 4.78 is 0. The second-order valence-corrected chi connectivity index (χ2v) is 5.98. The monoisotopic (exact) mass is 298 g/mol. The minimum atomic E-state index is -1.17. The highest BCUT2D eigenvalue weighted by Gasteiger charge is 2.26. The number of carbonyl (C=O) groups is 2. The lowest BCUT2D eigenvalue weighted by atomic mass is 9.95. The van der Waals surface area contributed by atoms with Gasteiger partial charge in [0.15, 0.2) is 16.6 Å². The molecule has 1 atom stereocenters. The van der Waals surface area contributed by atoms with E-state index in [0.29, 0.717) is 11.0 Å². The molecule has 0 spiro atoms. The molecule has 1 saturated heterocycles. The molecule has 110 valence electrons. The van der Waals surface area contributed by atoms with Gasteiger partial charge in [-0.2, -0.15) is 0 Å². The first kappa shape index (κ1) is 14.9. The molecule has 1 aromatic heterocycles. The third kappa shape index (κ3) is 3.16. The molecular formula is C13H18N2O4S. The number of aliphatic hydroxyl groups is 1. The molecule has 1 aliphatic heterocycles. The fourth-order valence-electron chi connectivity index (χ4n) is 2.48. The Morgan fingerprint density at radius 2 is 2.25 bits per heavy atom. The summed E-state index contributed by atoms with van der Waals surface area (Å²) in [5.74, 6) is -1.04. The molecule has 0 saturated carbocycles. The Morgan fingerprint density at radius 1 is 1.50 bits per heavy atom. The summed E-state index contributed by atoms with van der Waals surface area (Å²) >= 11 is 1.14. The lowest BCUT2D eigenvalue weighted by Crippen LogP contribution is -2.35. The van der Waals surface area contributed by atoms with Crippen molar-refractivity contribution in [3.05, 3.63) is 10.6 Å². The summed E-state index contributed by atoms with van der Waals surface area (Å²) in [7, 11) is 0. The van der Waals surface area contributed by atoms with Gasteiger partial charge < -0.3 is 15.1 Å². The summed E-state index contributed by atoms with van der Waals surface area (Å²) in [5, 5.41) is 18.7. The van der Waals surface area contributed by atoms with E-state index in [4.69, 9.17) is 10.2 Å². The van der Waals surface area contributed by atoms with Gasteiger partial charge in [0.2, 0.25) is 0 Å². The van der Waals surface area contributed by atoms with E-state index in [1.165, 1.54) is 6.92 Å². The first-order valence-electron chi connectivity index (χ1n) is 6.63. The first-order valence-corrected chi connectivity index (χ1v) is 7.45. The van der Waals surface area contributed by atoms with E-state index in [9.17, 15) is 9.59 Å². The number of Topliss-reactive ketones (excluding diaryl/α,β-unsaturated/α-hetero) is 1. The first-order chi connectivity index (χ1) is 9.52. The fraction of sp³-hybridized carbons (Fsp3) is 0.615. The lowest BCUT2D eigenvalue weighted by Gasteiger charge is -2.32. The van der Waals surface area contributed by atoms with Crippen LogP contribution in [0.25, 0.3) is 0 Å². The fourth-order valence-corrected chi connectivity index (χ4v) is 3.47. The summed E-state index contributed by atoms with van der Waals surface area (Å²) in [6, 6.07) is 0. The van der Waals surface area contributed by atoms with Crippen molar-refractivity contribution >= 4 is 28.2 Å². The lowest BCUT2D eigenvalue weighted by molar-refractivity contribution is 0.0687. The highest BCUT2D eigenvalue weighted by atomic mass is 32.1. The molecule has 0 bridgehead atoms. The van der Waals surface area contributed by atoms with Gasteiger partial charge in [0.1, 0.15) is 4.88 Å². The molecular weight excluding hydrogens is 280 g/mol. The third-order valence-electron chi connectivity index (χ3n) is 3.47. The van der Waals surface area contributed by atoms with Crippen molar-refractivity contribution < 1.29 is 19.8 Å². The number of ketones is 1. The Bertz CT molecular complexity index is 481. The minimum absolute atomic E-state index is 0.151. The van der Waals surface area contributed by atoms with Crippen LogP contribution in [-0.4, -0.2) is 46.6 Å². The van der Waals surface area contributed by atoms with Crippen molar-refractivity contribution in [3.8, 4) is 0 Å². The molecule has 0 amide bonds. The van der Waals surface area contributed by atoms with Gasteiger partial charge in [-0.15, -0.1) is 0 Å². The van der Waals surface area contributed by atoms with Gasteiger partial charge in [0.05, 0.1) is 0 Å². The van der Waals surface area contributed by atoms with Crippen LogP contribution < -0.4 is 4.90 Å². The maximum atomic E-state index is 11.5. The molecule has 6 nitrogen and oxygen atoms in total. The number of anilines is 1. The zero-order chi connectivity index (χ0) is 14.7. The van der Waals surface area contributed by atoms with Crippen LogP contribution >= 0.6 is 11.3 Å². The average Bonchev–Trinajstić information content (AvgIpc) is 2.85. The quantitative estimate of drug-likeness (QED) is 0.803. The van der Waals surface area contributed by atoms with E-state index in [-0.39, 0.29) is 23.0 Å². The molecule has 1 aromatic rings. The van der Waals surface area contributed by atoms with Crippen LogP contribution in [0.5, 0.6) is 0 Å². The number of carboxylic acids is 1. The Balaban J connectivity index is 2.22. The number of carboxylic acid groups (broad SMARTS) is 1. The third-order valence-corrected chi connectivity index (χ3v) is 4.68. The highest BCUT2D eigenvalue weighted by Crippen LogP contribution is 2.31. The number of aromatic carboxylic acids is 1. The second-order valence-electron chi connectivity index (χ2n) is 5.00.